The van der Waals surface area contributed by atoms with E-state index in [1.807, 2.05) is 6.07 Å². The molecule has 3 rings (SSSR count). The maximum atomic E-state index is 12.3. The first-order chi connectivity index (χ1) is 9.65. The molecule has 20 heavy (non-hydrogen) atoms. The van der Waals surface area contributed by atoms with Crippen LogP contribution < -0.4 is 5.32 Å². The SMILES string of the molecule is O=C(NC1CCCc2occc21)c1ccc(Cl)cc1Cl. The normalized spacial score (nSPS) is 17.6. The van der Waals surface area contributed by atoms with E-state index in [2.05, 4.69) is 5.32 Å². The van der Waals surface area contributed by atoms with E-state index in [0.29, 0.717) is 15.6 Å². The third-order valence-corrected chi connectivity index (χ3v) is 4.08. The molecule has 0 aliphatic heterocycles. The van der Waals surface area contributed by atoms with Gasteiger partial charge in [-0.2, -0.15) is 0 Å². The fraction of sp³-hybridized carbons (Fsp3) is 0.267. The number of halogens is 2. The summed E-state index contributed by atoms with van der Waals surface area (Å²) in [4.78, 5) is 12.3. The van der Waals surface area contributed by atoms with Crippen molar-refractivity contribution in [3.05, 3.63) is 57.5 Å². The summed E-state index contributed by atoms with van der Waals surface area (Å²) in [6.07, 6.45) is 4.50. The van der Waals surface area contributed by atoms with Crippen molar-refractivity contribution in [2.24, 2.45) is 0 Å². The number of rotatable bonds is 2. The Kier molecular flexibility index (Phi) is 3.72. The van der Waals surface area contributed by atoms with Gasteiger partial charge in [0.15, 0.2) is 0 Å². The minimum Gasteiger partial charge on any atom is -0.469 e. The highest BCUT2D eigenvalue weighted by molar-refractivity contribution is 6.36. The molecule has 104 valence electrons. The summed E-state index contributed by atoms with van der Waals surface area (Å²) in [6, 6.07) is 6.77. The number of hydrogen-bond donors (Lipinski definition) is 1. The molecule has 3 nitrogen and oxygen atoms in total. The Morgan fingerprint density at radius 2 is 2.15 bits per heavy atom. The van der Waals surface area contributed by atoms with E-state index in [4.69, 9.17) is 27.6 Å². The van der Waals surface area contributed by atoms with Crippen LogP contribution in [0.5, 0.6) is 0 Å². The smallest absolute Gasteiger partial charge is 0.253 e. The van der Waals surface area contributed by atoms with Crippen molar-refractivity contribution in [3.63, 3.8) is 0 Å². The van der Waals surface area contributed by atoms with E-state index in [9.17, 15) is 4.79 Å². The molecule has 2 aromatic rings. The van der Waals surface area contributed by atoms with Gasteiger partial charge in [-0.3, -0.25) is 4.79 Å². The van der Waals surface area contributed by atoms with Crippen molar-refractivity contribution in [2.45, 2.75) is 25.3 Å². The molecule has 1 N–H and O–H groups in total. The predicted molar refractivity (Wildman–Crippen MR) is 78.3 cm³/mol. The van der Waals surface area contributed by atoms with E-state index in [0.717, 1.165) is 30.6 Å². The van der Waals surface area contributed by atoms with E-state index in [1.54, 1.807) is 24.5 Å². The Morgan fingerprint density at radius 1 is 1.30 bits per heavy atom. The van der Waals surface area contributed by atoms with Gasteiger partial charge in [-0.15, -0.1) is 0 Å². The average Bonchev–Trinajstić information content (AvgIpc) is 2.87. The van der Waals surface area contributed by atoms with Gasteiger partial charge in [0, 0.05) is 17.0 Å². The molecule has 0 spiro atoms. The molecule has 1 amide bonds. The molecule has 0 saturated carbocycles. The maximum Gasteiger partial charge on any atom is 0.253 e. The second-order valence-electron chi connectivity index (χ2n) is 4.84. The lowest BCUT2D eigenvalue weighted by Crippen LogP contribution is -2.30. The highest BCUT2D eigenvalue weighted by Gasteiger charge is 2.25. The zero-order chi connectivity index (χ0) is 14.1. The van der Waals surface area contributed by atoms with Gasteiger partial charge in [0.2, 0.25) is 0 Å². The largest absolute Gasteiger partial charge is 0.469 e. The van der Waals surface area contributed by atoms with Crippen LogP contribution in [0.3, 0.4) is 0 Å². The number of aryl methyl sites for hydroxylation is 1. The van der Waals surface area contributed by atoms with Crippen LogP contribution in [0.15, 0.2) is 34.9 Å². The first-order valence-corrected chi connectivity index (χ1v) is 7.23. The van der Waals surface area contributed by atoms with Crippen molar-refractivity contribution in [3.8, 4) is 0 Å². The lowest BCUT2D eigenvalue weighted by Gasteiger charge is -2.23. The molecule has 0 saturated heterocycles. The first-order valence-electron chi connectivity index (χ1n) is 6.47. The van der Waals surface area contributed by atoms with Gasteiger partial charge in [-0.1, -0.05) is 23.2 Å². The summed E-state index contributed by atoms with van der Waals surface area (Å²) in [7, 11) is 0. The van der Waals surface area contributed by atoms with Crippen molar-refractivity contribution >= 4 is 29.1 Å². The molecule has 1 heterocycles. The minimum absolute atomic E-state index is 0.0169. The molecule has 1 aromatic heterocycles. The number of nitrogens with one attached hydrogen (secondary N) is 1. The highest BCUT2D eigenvalue weighted by Crippen LogP contribution is 2.31. The number of hydrogen-bond acceptors (Lipinski definition) is 2. The number of furan rings is 1. The average molecular weight is 310 g/mol. The van der Waals surface area contributed by atoms with Crippen LogP contribution in [0.4, 0.5) is 0 Å². The lowest BCUT2D eigenvalue weighted by molar-refractivity contribution is 0.0932. The minimum atomic E-state index is -0.189. The third-order valence-electron chi connectivity index (χ3n) is 3.53. The summed E-state index contributed by atoms with van der Waals surface area (Å²) >= 11 is 11.9. The van der Waals surface area contributed by atoms with Gasteiger partial charge < -0.3 is 9.73 Å². The summed E-state index contributed by atoms with van der Waals surface area (Å²) in [6.45, 7) is 0. The van der Waals surface area contributed by atoms with Crippen molar-refractivity contribution < 1.29 is 9.21 Å². The van der Waals surface area contributed by atoms with Gasteiger partial charge in [0.25, 0.3) is 5.91 Å². The van der Waals surface area contributed by atoms with Crippen LogP contribution in [-0.2, 0) is 6.42 Å². The topological polar surface area (TPSA) is 42.2 Å². The fourth-order valence-electron chi connectivity index (χ4n) is 2.55. The Balaban J connectivity index is 1.81. The summed E-state index contributed by atoms with van der Waals surface area (Å²) in [5, 5.41) is 3.89. The molecule has 0 bridgehead atoms. The molecule has 1 unspecified atom stereocenters. The van der Waals surface area contributed by atoms with E-state index < -0.39 is 0 Å². The van der Waals surface area contributed by atoms with Crippen LogP contribution in [0.25, 0.3) is 0 Å². The second-order valence-corrected chi connectivity index (χ2v) is 5.69. The molecule has 1 aliphatic carbocycles. The number of benzene rings is 1. The summed E-state index contributed by atoms with van der Waals surface area (Å²) in [5.41, 5.74) is 1.50. The maximum absolute atomic E-state index is 12.3. The molecular formula is C15H13Cl2NO2. The van der Waals surface area contributed by atoms with Crippen LogP contribution >= 0.6 is 23.2 Å². The molecule has 1 atom stereocenters. The Hall–Kier alpha value is -1.45. The number of carbonyl (C=O) groups is 1. The third kappa shape index (κ3) is 2.56. The van der Waals surface area contributed by atoms with Crippen LogP contribution in [0, 0.1) is 0 Å². The lowest BCUT2D eigenvalue weighted by atomic mass is 9.93. The van der Waals surface area contributed by atoms with Crippen molar-refractivity contribution in [1.82, 2.24) is 5.32 Å². The van der Waals surface area contributed by atoms with Gasteiger partial charge >= 0.3 is 0 Å². The first kappa shape index (κ1) is 13.5. The Bertz CT molecular complexity index is 651. The monoisotopic (exact) mass is 309 g/mol. The molecule has 0 fully saturated rings. The number of fused-ring (bicyclic) bond motifs is 1. The molecule has 1 aromatic carbocycles. The van der Waals surface area contributed by atoms with Gasteiger partial charge in [-0.25, -0.2) is 0 Å². The summed E-state index contributed by atoms with van der Waals surface area (Å²) in [5.74, 6) is 0.773. The molecule has 0 radical (unpaired) electrons. The Labute approximate surface area is 126 Å². The summed E-state index contributed by atoms with van der Waals surface area (Å²) < 4.78 is 5.42. The van der Waals surface area contributed by atoms with E-state index in [1.165, 1.54) is 0 Å². The van der Waals surface area contributed by atoms with E-state index in [-0.39, 0.29) is 11.9 Å². The second kappa shape index (κ2) is 5.51. The fourth-order valence-corrected chi connectivity index (χ4v) is 3.04. The predicted octanol–water partition coefficient (Wildman–Crippen LogP) is 4.39. The Morgan fingerprint density at radius 3 is 2.95 bits per heavy atom. The standard InChI is InChI=1S/C15H13Cl2NO2/c16-9-4-5-10(12(17)8-9)15(19)18-13-2-1-3-14-11(13)6-7-20-14/h4-8,13H,1-3H2,(H,18,19). The zero-order valence-electron chi connectivity index (χ0n) is 10.7. The highest BCUT2D eigenvalue weighted by atomic mass is 35.5. The number of carbonyl (C=O) groups excluding carboxylic acids is 1. The van der Waals surface area contributed by atoms with Gasteiger partial charge in [0.1, 0.15) is 5.76 Å². The number of amides is 1. The molecule has 5 heteroatoms. The molecule has 1 aliphatic rings. The van der Waals surface area contributed by atoms with Crippen LogP contribution in [0.1, 0.15) is 40.6 Å². The van der Waals surface area contributed by atoms with E-state index >= 15 is 0 Å². The van der Waals surface area contributed by atoms with Crippen LogP contribution in [0.2, 0.25) is 10.0 Å². The van der Waals surface area contributed by atoms with Crippen molar-refractivity contribution in [2.75, 3.05) is 0 Å². The van der Waals surface area contributed by atoms with Crippen molar-refractivity contribution in [1.29, 1.82) is 0 Å². The van der Waals surface area contributed by atoms with Crippen LogP contribution in [-0.4, -0.2) is 5.91 Å². The quantitative estimate of drug-likeness (QED) is 0.893. The molecular weight excluding hydrogens is 297 g/mol. The zero-order valence-corrected chi connectivity index (χ0v) is 12.2. The van der Waals surface area contributed by atoms with Gasteiger partial charge in [-0.05, 0) is 37.1 Å². The van der Waals surface area contributed by atoms with Gasteiger partial charge in [0.05, 0.1) is 22.9 Å².